The fourth-order valence-electron chi connectivity index (χ4n) is 3.24. The van der Waals surface area contributed by atoms with Gasteiger partial charge in [-0.05, 0) is 55.7 Å². The molecule has 0 spiro atoms. The number of hydrogen-bond donors (Lipinski definition) is 0. The Morgan fingerprint density at radius 2 is 1.75 bits per heavy atom. The van der Waals surface area contributed by atoms with E-state index < -0.39 is 0 Å². The Bertz CT molecular complexity index is 744. The van der Waals surface area contributed by atoms with E-state index in [4.69, 9.17) is 0 Å². The van der Waals surface area contributed by atoms with Crippen molar-refractivity contribution in [3.63, 3.8) is 0 Å². The number of anilines is 1. The molecule has 0 saturated carbocycles. The summed E-state index contributed by atoms with van der Waals surface area (Å²) in [7, 11) is 0. The van der Waals surface area contributed by atoms with E-state index in [9.17, 15) is 9.18 Å². The summed E-state index contributed by atoms with van der Waals surface area (Å²) < 4.78 is 13.4. The van der Waals surface area contributed by atoms with Gasteiger partial charge in [-0.1, -0.05) is 18.2 Å². The molecular formula is C20H23FN2O. The molecule has 24 heavy (non-hydrogen) atoms. The van der Waals surface area contributed by atoms with Crippen LogP contribution in [0.25, 0.3) is 0 Å². The molecule has 126 valence electrons. The topological polar surface area (TPSA) is 23.6 Å². The van der Waals surface area contributed by atoms with E-state index >= 15 is 0 Å². The van der Waals surface area contributed by atoms with Crippen molar-refractivity contribution >= 4 is 11.6 Å². The highest BCUT2D eigenvalue weighted by molar-refractivity contribution is 5.94. The molecule has 2 aromatic rings. The number of amides is 1. The van der Waals surface area contributed by atoms with Gasteiger partial charge in [-0.3, -0.25) is 4.79 Å². The molecule has 1 aliphatic heterocycles. The van der Waals surface area contributed by atoms with Gasteiger partial charge < -0.3 is 9.80 Å². The Kier molecular flexibility index (Phi) is 4.84. The van der Waals surface area contributed by atoms with Crippen molar-refractivity contribution in [2.45, 2.75) is 20.3 Å². The number of aryl methyl sites for hydroxylation is 2. The van der Waals surface area contributed by atoms with Gasteiger partial charge in [0.1, 0.15) is 5.82 Å². The Morgan fingerprint density at radius 3 is 2.50 bits per heavy atom. The molecule has 0 aliphatic carbocycles. The van der Waals surface area contributed by atoms with Crippen molar-refractivity contribution in [1.29, 1.82) is 0 Å². The minimum absolute atomic E-state index is 0.00951. The first kappa shape index (κ1) is 16.5. The van der Waals surface area contributed by atoms with Crippen molar-refractivity contribution in [2.75, 3.05) is 31.1 Å². The van der Waals surface area contributed by atoms with Crippen LogP contribution in [-0.4, -0.2) is 37.0 Å². The van der Waals surface area contributed by atoms with Gasteiger partial charge in [0.2, 0.25) is 0 Å². The van der Waals surface area contributed by atoms with Crippen LogP contribution in [0, 0.1) is 19.7 Å². The van der Waals surface area contributed by atoms with Crippen LogP contribution in [-0.2, 0) is 0 Å². The molecule has 3 nitrogen and oxygen atoms in total. The van der Waals surface area contributed by atoms with E-state index in [1.807, 2.05) is 11.0 Å². The van der Waals surface area contributed by atoms with Gasteiger partial charge in [0.05, 0.1) is 0 Å². The van der Waals surface area contributed by atoms with E-state index in [-0.39, 0.29) is 11.7 Å². The lowest BCUT2D eigenvalue weighted by Crippen LogP contribution is -2.35. The Labute approximate surface area is 142 Å². The maximum atomic E-state index is 13.4. The maximum Gasteiger partial charge on any atom is 0.253 e. The Hall–Kier alpha value is -2.36. The SMILES string of the molecule is Cc1cc(C(=O)N2CCCN(c3ccccc3C)CC2)ccc1F. The van der Waals surface area contributed by atoms with E-state index in [1.54, 1.807) is 19.1 Å². The van der Waals surface area contributed by atoms with E-state index in [2.05, 4.69) is 30.0 Å². The zero-order valence-corrected chi connectivity index (χ0v) is 14.3. The molecule has 0 aromatic heterocycles. The quantitative estimate of drug-likeness (QED) is 0.838. The number of nitrogens with zero attached hydrogens (tertiary/aromatic N) is 2. The van der Waals surface area contributed by atoms with Crippen LogP contribution in [0.1, 0.15) is 27.9 Å². The van der Waals surface area contributed by atoms with Crippen molar-refractivity contribution in [3.05, 3.63) is 65.0 Å². The van der Waals surface area contributed by atoms with E-state index in [0.29, 0.717) is 17.7 Å². The summed E-state index contributed by atoms with van der Waals surface area (Å²) in [5.41, 5.74) is 3.58. The summed E-state index contributed by atoms with van der Waals surface area (Å²) in [4.78, 5) is 16.9. The van der Waals surface area contributed by atoms with Crippen LogP contribution in [0.4, 0.5) is 10.1 Å². The first-order chi connectivity index (χ1) is 11.6. The molecule has 4 heteroatoms. The Balaban J connectivity index is 1.72. The molecule has 1 heterocycles. The largest absolute Gasteiger partial charge is 0.369 e. The predicted octanol–water partition coefficient (Wildman–Crippen LogP) is 3.80. The van der Waals surface area contributed by atoms with Gasteiger partial charge in [-0.15, -0.1) is 0 Å². The lowest BCUT2D eigenvalue weighted by molar-refractivity contribution is 0.0767. The summed E-state index contributed by atoms with van der Waals surface area (Å²) in [6.07, 6.45) is 0.931. The van der Waals surface area contributed by atoms with Crippen LogP contribution >= 0.6 is 0 Å². The Morgan fingerprint density at radius 1 is 0.958 bits per heavy atom. The van der Waals surface area contributed by atoms with E-state index in [0.717, 1.165) is 26.1 Å². The lowest BCUT2D eigenvalue weighted by Gasteiger charge is -2.25. The standard InChI is InChI=1S/C20H23FN2O/c1-15-6-3-4-7-19(15)22-10-5-11-23(13-12-22)20(24)17-8-9-18(21)16(2)14-17/h3-4,6-9,14H,5,10-13H2,1-2H3. The highest BCUT2D eigenvalue weighted by Gasteiger charge is 2.21. The lowest BCUT2D eigenvalue weighted by atomic mass is 10.1. The fraction of sp³-hybridized carbons (Fsp3) is 0.350. The second kappa shape index (κ2) is 7.04. The number of carbonyl (C=O) groups is 1. The average molecular weight is 326 g/mol. The maximum absolute atomic E-state index is 13.4. The van der Waals surface area contributed by atoms with Crippen molar-refractivity contribution in [2.24, 2.45) is 0 Å². The molecule has 0 unspecified atom stereocenters. The predicted molar refractivity (Wildman–Crippen MR) is 95.0 cm³/mol. The summed E-state index contributed by atoms with van der Waals surface area (Å²) in [5, 5.41) is 0. The monoisotopic (exact) mass is 326 g/mol. The fourth-order valence-corrected chi connectivity index (χ4v) is 3.24. The third kappa shape index (κ3) is 3.42. The third-order valence-corrected chi connectivity index (χ3v) is 4.64. The number of halogens is 1. The molecule has 1 fully saturated rings. The normalized spacial score (nSPS) is 15.3. The van der Waals surface area contributed by atoms with Crippen molar-refractivity contribution in [3.8, 4) is 0 Å². The van der Waals surface area contributed by atoms with Gasteiger partial charge >= 0.3 is 0 Å². The van der Waals surface area contributed by atoms with Crippen LogP contribution in [0.15, 0.2) is 42.5 Å². The molecular weight excluding hydrogens is 303 g/mol. The van der Waals surface area contributed by atoms with E-state index in [1.165, 1.54) is 17.3 Å². The van der Waals surface area contributed by atoms with Crippen LogP contribution < -0.4 is 4.90 Å². The highest BCUT2D eigenvalue weighted by Crippen LogP contribution is 2.21. The summed E-state index contributed by atoms with van der Waals surface area (Å²) in [6, 6.07) is 12.9. The molecule has 3 rings (SSSR count). The third-order valence-electron chi connectivity index (χ3n) is 4.64. The second-order valence-electron chi connectivity index (χ2n) is 6.38. The number of benzene rings is 2. The first-order valence-electron chi connectivity index (χ1n) is 8.42. The second-order valence-corrected chi connectivity index (χ2v) is 6.38. The van der Waals surface area contributed by atoms with Gasteiger partial charge in [0, 0.05) is 37.4 Å². The zero-order valence-electron chi connectivity index (χ0n) is 14.3. The van der Waals surface area contributed by atoms with Crippen LogP contribution in [0.5, 0.6) is 0 Å². The van der Waals surface area contributed by atoms with Crippen molar-refractivity contribution < 1.29 is 9.18 Å². The number of hydrogen-bond acceptors (Lipinski definition) is 2. The molecule has 0 atom stereocenters. The van der Waals surface area contributed by atoms with Gasteiger partial charge in [-0.2, -0.15) is 0 Å². The molecule has 0 radical (unpaired) electrons. The van der Waals surface area contributed by atoms with Crippen molar-refractivity contribution in [1.82, 2.24) is 4.90 Å². The minimum atomic E-state index is -0.270. The molecule has 1 saturated heterocycles. The van der Waals surface area contributed by atoms with Gasteiger partial charge in [-0.25, -0.2) is 4.39 Å². The van der Waals surface area contributed by atoms with Crippen LogP contribution in [0.3, 0.4) is 0 Å². The molecule has 1 amide bonds. The first-order valence-corrected chi connectivity index (χ1v) is 8.42. The molecule has 1 aliphatic rings. The zero-order chi connectivity index (χ0) is 17.1. The number of rotatable bonds is 2. The minimum Gasteiger partial charge on any atom is -0.369 e. The smallest absolute Gasteiger partial charge is 0.253 e. The average Bonchev–Trinajstić information content (AvgIpc) is 2.83. The van der Waals surface area contributed by atoms with Gasteiger partial charge in [0.15, 0.2) is 0 Å². The number of carbonyl (C=O) groups excluding carboxylic acids is 1. The summed E-state index contributed by atoms with van der Waals surface area (Å²) in [5.74, 6) is -0.280. The summed E-state index contributed by atoms with van der Waals surface area (Å²) in [6.45, 7) is 6.98. The molecule has 0 bridgehead atoms. The van der Waals surface area contributed by atoms with Gasteiger partial charge in [0.25, 0.3) is 5.91 Å². The molecule has 2 aromatic carbocycles. The number of para-hydroxylation sites is 1. The van der Waals surface area contributed by atoms with Crippen LogP contribution in [0.2, 0.25) is 0 Å². The summed E-state index contributed by atoms with van der Waals surface area (Å²) >= 11 is 0. The highest BCUT2D eigenvalue weighted by atomic mass is 19.1. The molecule has 0 N–H and O–H groups in total.